The average Bonchev–Trinajstić information content (AvgIpc) is 2.11. The van der Waals surface area contributed by atoms with Crippen molar-refractivity contribution in [2.75, 3.05) is 19.0 Å². The van der Waals surface area contributed by atoms with E-state index in [0.717, 1.165) is 0 Å². The molecular formula is C6H8ClN2O3. The van der Waals surface area contributed by atoms with Crippen molar-refractivity contribution < 1.29 is 14.4 Å². The fourth-order valence-electron chi connectivity index (χ4n) is 0.562. The van der Waals surface area contributed by atoms with E-state index in [2.05, 4.69) is 0 Å². The maximum atomic E-state index is 10.8. The summed E-state index contributed by atoms with van der Waals surface area (Å²) in [5.41, 5.74) is 4.98. The molecular weight excluding hydrogens is 184 g/mol. The van der Waals surface area contributed by atoms with E-state index in [0.29, 0.717) is 4.90 Å². The summed E-state index contributed by atoms with van der Waals surface area (Å²) in [5, 5.41) is 0. The van der Waals surface area contributed by atoms with Crippen LogP contribution in [0.25, 0.3) is 0 Å². The molecule has 2 amide bonds. The molecule has 1 radical (unpaired) electrons. The Bertz CT molecular complexity index is 179. The first-order valence-corrected chi connectivity index (χ1v) is 3.65. The molecule has 5 nitrogen and oxygen atoms in total. The van der Waals surface area contributed by atoms with Gasteiger partial charge in [0.1, 0.15) is 5.88 Å². The third-order valence-corrected chi connectivity index (χ3v) is 1.34. The lowest BCUT2D eigenvalue weighted by Crippen LogP contribution is -2.42. The molecule has 0 saturated carbocycles. The standard InChI is InChI=1S/C6H8ClN2O3/c7-3-5(11)9(1-2-10)6(12)4-8/h1,3-4,8H2. The van der Waals surface area contributed by atoms with Crippen molar-refractivity contribution in [3.05, 3.63) is 0 Å². The third-order valence-electron chi connectivity index (χ3n) is 1.11. The number of hydrogen-bond donors (Lipinski definition) is 1. The van der Waals surface area contributed by atoms with Gasteiger partial charge in [0.2, 0.25) is 18.1 Å². The Morgan fingerprint density at radius 1 is 1.42 bits per heavy atom. The lowest BCUT2D eigenvalue weighted by atomic mass is 10.4. The zero-order chi connectivity index (χ0) is 9.56. The number of alkyl halides is 1. The van der Waals surface area contributed by atoms with Crippen molar-refractivity contribution >= 4 is 29.7 Å². The minimum absolute atomic E-state index is 0.329. The molecule has 0 aliphatic heterocycles. The first-order valence-electron chi connectivity index (χ1n) is 3.11. The Kier molecular flexibility index (Phi) is 5.23. The Morgan fingerprint density at radius 2 is 2.00 bits per heavy atom. The van der Waals surface area contributed by atoms with Crippen LogP contribution >= 0.6 is 11.6 Å². The summed E-state index contributed by atoms with van der Waals surface area (Å²) in [6.45, 7) is -0.744. The van der Waals surface area contributed by atoms with E-state index in [-0.39, 0.29) is 12.4 Å². The van der Waals surface area contributed by atoms with Crippen molar-refractivity contribution in [2.45, 2.75) is 0 Å². The Balaban J connectivity index is 4.31. The van der Waals surface area contributed by atoms with Crippen molar-refractivity contribution in [2.24, 2.45) is 5.73 Å². The van der Waals surface area contributed by atoms with Crippen LogP contribution in [-0.4, -0.2) is 42.0 Å². The van der Waals surface area contributed by atoms with Crippen molar-refractivity contribution in [1.82, 2.24) is 4.90 Å². The molecule has 0 aliphatic rings. The number of nitrogens with zero attached hydrogens (tertiary/aromatic N) is 1. The smallest absolute Gasteiger partial charge is 0.244 e. The molecule has 0 aromatic carbocycles. The van der Waals surface area contributed by atoms with Gasteiger partial charge in [0.05, 0.1) is 13.1 Å². The van der Waals surface area contributed by atoms with Crippen LogP contribution in [0.15, 0.2) is 0 Å². The van der Waals surface area contributed by atoms with E-state index in [1.807, 2.05) is 0 Å². The predicted molar refractivity (Wildman–Crippen MR) is 42.2 cm³/mol. The van der Waals surface area contributed by atoms with Gasteiger partial charge in [-0.2, -0.15) is 0 Å². The molecule has 0 aromatic rings. The van der Waals surface area contributed by atoms with Gasteiger partial charge in [-0.1, -0.05) is 0 Å². The van der Waals surface area contributed by atoms with Crippen LogP contribution in [-0.2, 0) is 14.4 Å². The quantitative estimate of drug-likeness (QED) is 0.557. The van der Waals surface area contributed by atoms with E-state index in [4.69, 9.17) is 17.3 Å². The highest BCUT2D eigenvalue weighted by molar-refractivity contribution is 6.28. The number of amides is 2. The lowest BCUT2D eigenvalue weighted by molar-refractivity contribution is -0.141. The number of hydrogen-bond acceptors (Lipinski definition) is 4. The van der Waals surface area contributed by atoms with Gasteiger partial charge in [-0.15, -0.1) is 11.6 Å². The van der Waals surface area contributed by atoms with Crippen LogP contribution in [0.3, 0.4) is 0 Å². The van der Waals surface area contributed by atoms with Gasteiger partial charge in [-0.25, -0.2) is 0 Å². The van der Waals surface area contributed by atoms with Crippen molar-refractivity contribution in [3.8, 4) is 0 Å². The van der Waals surface area contributed by atoms with Crippen LogP contribution < -0.4 is 5.73 Å². The minimum atomic E-state index is -0.643. The predicted octanol–water partition coefficient (Wildman–Crippen LogP) is -1.35. The zero-order valence-corrected chi connectivity index (χ0v) is 7.00. The second-order valence-corrected chi connectivity index (χ2v) is 2.12. The number of rotatable bonds is 4. The van der Waals surface area contributed by atoms with Gasteiger partial charge in [-0.05, 0) is 0 Å². The van der Waals surface area contributed by atoms with Gasteiger partial charge in [0, 0.05) is 0 Å². The highest BCUT2D eigenvalue weighted by atomic mass is 35.5. The number of carbonyl (C=O) groups is 2. The van der Waals surface area contributed by atoms with Crippen LogP contribution in [0.4, 0.5) is 0 Å². The summed E-state index contributed by atoms with van der Waals surface area (Å²) < 4.78 is 0. The van der Waals surface area contributed by atoms with E-state index in [9.17, 15) is 14.4 Å². The molecule has 0 unspecified atom stereocenters. The SMILES string of the molecule is NCC(=O)N(C[C]=O)C(=O)CCl. The second-order valence-electron chi connectivity index (χ2n) is 1.86. The van der Waals surface area contributed by atoms with Crippen LogP contribution in [0, 0.1) is 0 Å². The molecule has 0 heterocycles. The molecule has 0 saturated heterocycles. The highest BCUT2D eigenvalue weighted by Gasteiger charge is 2.18. The Labute approximate surface area is 74.5 Å². The molecule has 0 bridgehead atoms. The molecule has 0 aromatic heterocycles. The Hall–Kier alpha value is -0.940. The fourth-order valence-corrected chi connectivity index (χ4v) is 0.707. The monoisotopic (exact) mass is 191 g/mol. The first-order chi connectivity index (χ1) is 5.67. The maximum absolute atomic E-state index is 10.8. The van der Waals surface area contributed by atoms with Crippen LogP contribution in [0.1, 0.15) is 0 Å². The molecule has 0 atom stereocenters. The second kappa shape index (κ2) is 5.68. The van der Waals surface area contributed by atoms with Gasteiger partial charge < -0.3 is 5.73 Å². The molecule has 6 heteroatoms. The first kappa shape index (κ1) is 11.1. The maximum Gasteiger partial charge on any atom is 0.244 e. The average molecular weight is 192 g/mol. The summed E-state index contributed by atoms with van der Waals surface area (Å²) in [6, 6.07) is 0. The minimum Gasteiger partial charge on any atom is -0.322 e. The van der Waals surface area contributed by atoms with E-state index in [1.165, 1.54) is 6.29 Å². The normalized spacial score (nSPS) is 9.17. The van der Waals surface area contributed by atoms with E-state index >= 15 is 0 Å². The molecule has 0 aliphatic carbocycles. The lowest BCUT2D eigenvalue weighted by Gasteiger charge is -2.14. The van der Waals surface area contributed by atoms with Crippen molar-refractivity contribution in [1.29, 1.82) is 0 Å². The van der Waals surface area contributed by atoms with Gasteiger partial charge in [-0.3, -0.25) is 19.3 Å². The summed E-state index contributed by atoms with van der Waals surface area (Å²) >= 11 is 5.17. The highest BCUT2D eigenvalue weighted by Crippen LogP contribution is 1.91. The molecule has 0 rings (SSSR count). The number of halogens is 1. The number of nitrogens with two attached hydrogens (primary N) is 1. The molecule has 12 heavy (non-hydrogen) atoms. The van der Waals surface area contributed by atoms with Crippen molar-refractivity contribution in [3.63, 3.8) is 0 Å². The molecule has 0 fully saturated rings. The number of imide groups is 1. The van der Waals surface area contributed by atoms with Crippen LogP contribution in [0.2, 0.25) is 0 Å². The largest absolute Gasteiger partial charge is 0.322 e. The number of carbonyl (C=O) groups excluding carboxylic acids is 3. The van der Waals surface area contributed by atoms with Gasteiger partial charge >= 0.3 is 0 Å². The summed E-state index contributed by atoms with van der Waals surface area (Å²) in [7, 11) is 0. The third kappa shape index (κ3) is 2.98. The summed E-state index contributed by atoms with van der Waals surface area (Å²) in [5.74, 6) is -1.63. The topological polar surface area (TPSA) is 80.5 Å². The Morgan fingerprint density at radius 3 is 2.33 bits per heavy atom. The van der Waals surface area contributed by atoms with Gasteiger partial charge in [0.15, 0.2) is 0 Å². The molecule has 67 valence electrons. The van der Waals surface area contributed by atoms with Gasteiger partial charge in [0.25, 0.3) is 0 Å². The van der Waals surface area contributed by atoms with Crippen LogP contribution in [0.5, 0.6) is 0 Å². The summed E-state index contributed by atoms with van der Waals surface area (Å²) in [6.07, 6.45) is 1.42. The van der Waals surface area contributed by atoms with E-state index < -0.39 is 18.4 Å². The van der Waals surface area contributed by atoms with E-state index in [1.54, 1.807) is 0 Å². The molecule has 0 spiro atoms. The summed E-state index contributed by atoms with van der Waals surface area (Å²) in [4.78, 5) is 32.3. The molecule has 2 N–H and O–H groups in total. The zero-order valence-electron chi connectivity index (χ0n) is 6.25. The fraction of sp³-hybridized carbons (Fsp3) is 0.500.